The minimum Gasteiger partial charge on any atom is -0.481 e. The Bertz CT molecular complexity index is 2790. The number of ether oxygens (including phenoxy) is 11. The molecule has 9 fully saturated rings. The van der Waals surface area contributed by atoms with Crippen molar-refractivity contribution in [2.24, 2.45) is 76.9 Å². The number of aliphatic carboxylic acids is 2. The second kappa shape index (κ2) is 31.5. The van der Waals surface area contributed by atoms with Crippen LogP contribution in [0.4, 0.5) is 0 Å². The molecule has 9 saturated heterocycles. The number of hydrogen-bond acceptors (Lipinski definition) is 20. The first-order valence-electron chi connectivity index (χ1n) is 38.9. The van der Waals surface area contributed by atoms with E-state index in [1.807, 2.05) is 62.3 Å². The van der Waals surface area contributed by atoms with E-state index >= 15 is 0 Å². The van der Waals surface area contributed by atoms with Crippen molar-refractivity contribution >= 4 is 17.7 Å². The topological polar surface area (TPSA) is 315 Å². The van der Waals surface area contributed by atoms with Gasteiger partial charge in [0.2, 0.25) is 5.79 Å². The molecule has 10 rings (SSSR count). The van der Waals surface area contributed by atoms with Crippen LogP contribution < -0.4 is 0 Å². The van der Waals surface area contributed by atoms with Crippen molar-refractivity contribution in [1.82, 2.24) is 0 Å². The number of methoxy groups -OCH3 is 1. The predicted octanol–water partition coefficient (Wildman–Crippen LogP) is 10.5. The van der Waals surface area contributed by atoms with E-state index in [-0.39, 0.29) is 95.9 Å². The van der Waals surface area contributed by atoms with Gasteiger partial charge in [-0.15, -0.1) is 0 Å². The monoisotopic (exact) mass is 1420 g/mol. The average Bonchev–Trinajstić information content (AvgIpc) is 1.10. The van der Waals surface area contributed by atoms with Crippen LogP contribution in [-0.4, -0.2) is 203 Å². The summed E-state index contributed by atoms with van der Waals surface area (Å²) >= 11 is 0. The normalized spacial score (nSPS) is 48.4. The van der Waals surface area contributed by atoms with Gasteiger partial charge in [-0.05, 0) is 160 Å². The SMILES string of the molecule is CC[C@@H](C(=O)[C@@H](C)[C@@H](O)[C@H](C)[C@@H]1O[C@@H]([C@@H](CC)C(=O)O)CC[C@@H]1C)[C@H]1O[C@]2(C=C[C@@H](O)[C@]3(CC[C@@](C)([C@H]4CC[C@](O)(CC)[C@H](C)O4)O3)O2)[C@H](C)C[C@@H]1C.CC[C@@]1([C@@H]2O[C@@H]([C@H]3O[C@@](O)(CO)[C@H](C)C[C@@H]3C)C[C@@H]2C)CC[C@H]([C@]2(C)CC[C@]3(C[C@H](O)[C@@H](C)[C@@H]([C@@H](C)[C@@H](OC)[C@H](C)C(=O)O)O3)O2)O1. The van der Waals surface area contributed by atoms with Crippen LogP contribution in [0, 0.1) is 76.9 Å². The molecular weight excluding hydrogens is 1290 g/mol. The molecule has 10 aliphatic rings. The highest BCUT2D eigenvalue weighted by molar-refractivity contribution is 5.84. The molecule has 0 aliphatic carbocycles. The highest BCUT2D eigenvalue weighted by Gasteiger charge is 2.66. The first-order valence-corrected chi connectivity index (χ1v) is 38.9. The van der Waals surface area contributed by atoms with Crippen LogP contribution >= 0.6 is 0 Å². The summed E-state index contributed by atoms with van der Waals surface area (Å²) in [6.45, 7) is 35.2. The highest BCUT2D eigenvalue weighted by atomic mass is 16.8. The molecule has 0 amide bonds. The zero-order chi connectivity index (χ0) is 73.9. The second-order valence-electron chi connectivity index (χ2n) is 34.2. The van der Waals surface area contributed by atoms with Gasteiger partial charge in [0.05, 0.1) is 120 Å². The van der Waals surface area contributed by atoms with Gasteiger partial charge in [-0.1, -0.05) is 96.9 Å². The summed E-state index contributed by atoms with van der Waals surface area (Å²) in [6.07, 6.45) is 8.50. The smallest absolute Gasteiger partial charge is 0.309 e. The molecule has 0 aromatic carbocycles. The quantitative estimate of drug-likeness (QED) is 0.0467. The van der Waals surface area contributed by atoms with Gasteiger partial charge in [0.25, 0.3) is 0 Å². The Morgan fingerprint density at radius 2 is 1.27 bits per heavy atom. The summed E-state index contributed by atoms with van der Waals surface area (Å²) in [5, 5.41) is 85.8. The summed E-state index contributed by atoms with van der Waals surface area (Å²) in [5.41, 5.74) is -2.78. The number of Topliss-reactive ketones (excluding diaryl/α,β-unsaturated/α-hetero) is 1. The maximum Gasteiger partial charge on any atom is 0.309 e. The molecule has 576 valence electrons. The Hall–Kier alpha value is -2.33. The number of carboxylic acids is 2. The van der Waals surface area contributed by atoms with E-state index in [9.17, 15) is 55.2 Å². The number of hydrogen-bond donors (Lipinski definition) is 8. The summed E-state index contributed by atoms with van der Waals surface area (Å²) in [5.74, 6) is -10.3. The molecule has 0 bridgehead atoms. The lowest BCUT2D eigenvalue weighted by atomic mass is 9.72. The van der Waals surface area contributed by atoms with Crippen LogP contribution in [0.1, 0.15) is 240 Å². The number of aliphatic hydroxyl groups excluding tert-OH is 4. The number of carboxylic acid groups (broad SMARTS) is 2. The molecule has 35 atom stereocenters. The lowest BCUT2D eigenvalue weighted by molar-refractivity contribution is -0.409. The van der Waals surface area contributed by atoms with Crippen molar-refractivity contribution in [1.29, 1.82) is 0 Å². The third-order valence-corrected chi connectivity index (χ3v) is 27.5. The molecule has 100 heavy (non-hydrogen) atoms. The number of aliphatic hydroxyl groups is 6. The lowest BCUT2D eigenvalue weighted by Crippen LogP contribution is -2.63. The molecule has 10 aliphatic heterocycles. The van der Waals surface area contributed by atoms with Crippen molar-refractivity contribution in [2.45, 2.75) is 371 Å². The molecule has 22 heteroatoms. The third-order valence-electron chi connectivity index (χ3n) is 27.5. The summed E-state index contributed by atoms with van der Waals surface area (Å²) in [6, 6.07) is 0. The van der Waals surface area contributed by atoms with Gasteiger partial charge >= 0.3 is 11.9 Å². The number of ketones is 1. The van der Waals surface area contributed by atoms with Gasteiger partial charge in [0.1, 0.15) is 11.9 Å². The predicted molar refractivity (Wildman–Crippen MR) is 371 cm³/mol. The van der Waals surface area contributed by atoms with Gasteiger partial charge < -0.3 is 93.0 Å². The first-order chi connectivity index (χ1) is 46.8. The Morgan fingerprint density at radius 1 is 0.620 bits per heavy atom. The summed E-state index contributed by atoms with van der Waals surface area (Å²) in [7, 11) is 1.52. The van der Waals surface area contributed by atoms with Crippen molar-refractivity contribution in [2.75, 3.05) is 13.7 Å². The van der Waals surface area contributed by atoms with E-state index in [0.717, 1.165) is 38.5 Å². The molecular formula is C78H132O22. The fraction of sp³-hybridized carbons (Fsp3) is 0.936. The van der Waals surface area contributed by atoms with E-state index in [1.54, 1.807) is 26.0 Å². The average molecular weight is 1420 g/mol. The van der Waals surface area contributed by atoms with Crippen molar-refractivity contribution in [3.8, 4) is 0 Å². The zero-order valence-electron chi connectivity index (χ0n) is 64.0. The first kappa shape index (κ1) is 81.7. The minimum absolute atomic E-state index is 0.0137. The van der Waals surface area contributed by atoms with Gasteiger partial charge in [-0.3, -0.25) is 14.4 Å². The molecule has 8 N–H and O–H groups in total. The van der Waals surface area contributed by atoms with Crippen LogP contribution in [0.3, 0.4) is 0 Å². The Labute approximate surface area is 596 Å². The van der Waals surface area contributed by atoms with Crippen LogP contribution in [-0.2, 0) is 66.5 Å². The zero-order valence-corrected chi connectivity index (χ0v) is 64.0. The lowest BCUT2D eigenvalue weighted by Gasteiger charge is -2.54. The maximum atomic E-state index is 14.4. The van der Waals surface area contributed by atoms with Crippen molar-refractivity contribution in [3.05, 3.63) is 12.2 Å². The highest BCUT2D eigenvalue weighted by Crippen LogP contribution is 2.57. The number of carbonyl (C=O) groups excluding carboxylic acids is 1. The molecule has 0 radical (unpaired) electrons. The Kier molecular flexibility index (Phi) is 25.7. The van der Waals surface area contributed by atoms with Crippen LogP contribution in [0.5, 0.6) is 0 Å². The van der Waals surface area contributed by atoms with Gasteiger partial charge in [0.15, 0.2) is 17.4 Å². The van der Waals surface area contributed by atoms with Crippen LogP contribution in [0.2, 0.25) is 0 Å². The fourth-order valence-electron chi connectivity index (χ4n) is 20.4. The van der Waals surface area contributed by atoms with Crippen LogP contribution in [0.25, 0.3) is 0 Å². The van der Waals surface area contributed by atoms with Crippen molar-refractivity contribution in [3.63, 3.8) is 0 Å². The van der Waals surface area contributed by atoms with Gasteiger partial charge in [-0.25, -0.2) is 0 Å². The second-order valence-corrected chi connectivity index (χ2v) is 34.2. The number of rotatable bonds is 22. The molecule has 10 heterocycles. The molecule has 0 saturated carbocycles. The standard InChI is InChI=1S/C42H70O11.C36H62O11/c1-11-29(38(46)47)31-15-14-23(4)36(50-31)27(8)34(44)26(7)35(45)30(12-2)37-24(5)22-25(6)41(51-37)19-16-32(43)42(53-41)21-20-39(10,52-42)33-17-18-40(48,13-3)28(9)49-33;1-10-34(31-20(3)16-26(43-31)28-19(2)15-21(4)36(41,18-37)46-28)12-11-27(44-34)33(8)13-14-35(47-33)17-25(38)22(5)30(45-35)23(6)29(42-9)24(7)32(39)40/h16,19,23-34,36-37,43-44,48H,11-15,17-18,20-22H2,1-10H3,(H,46,47);19-31,37-38,41H,10-18H2,1-9H3,(H,39,40)/t23-,24-,25+,26-,27-,28-,29+,30-,31+,32+,33+,34+,36+,37-,39-,40+,41-,42-;19-,20-,21+,22+,23-,24-,25-,26+,27+,28-,29+,30-,31+,33-,34-,35+,36-/m00/s1. The third kappa shape index (κ3) is 15.6. The number of carbonyl (C=O) groups is 3. The van der Waals surface area contributed by atoms with E-state index in [4.69, 9.17) is 52.1 Å². The molecule has 22 nitrogen and oxygen atoms in total. The molecule has 0 aromatic rings. The minimum atomic E-state index is -1.56. The molecule has 0 unspecified atom stereocenters. The van der Waals surface area contributed by atoms with E-state index in [0.29, 0.717) is 77.0 Å². The summed E-state index contributed by atoms with van der Waals surface area (Å²) < 4.78 is 72.9. The Morgan fingerprint density at radius 3 is 1.88 bits per heavy atom. The van der Waals surface area contributed by atoms with Gasteiger partial charge in [-0.2, -0.15) is 0 Å². The van der Waals surface area contributed by atoms with E-state index in [2.05, 4.69) is 48.5 Å². The fourth-order valence-corrected chi connectivity index (χ4v) is 20.4. The van der Waals surface area contributed by atoms with E-state index in [1.165, 1.54) is 7.11 Å². The van der Waals surface area contributed by atoms with Crippen LogP contribution in [0.15, 0.2) is 12.2 Å². The van der Waals surface area contributed by atoms with Gasteiger partial charge in [0, 0.05) is 67.8 Å². The molecule has 0 aromatic heterocycles. The largest absolute Gasteiger partial charge is 0.481 e. The molecule has 3 spiro atoms. The Balaban J connectivity index is 0.000000235. The maximum absolute atomic E-state index is 14.4. The van der Waals surface area contributed by atoms with Crippen molar-refractivity contribution < 1.29 is 107 Å². The van der Waals surface area contributed by atoms with E-state index < -0.39 is 136 Å². The summed E-state index contributed by atoms with van der Waals surface area (Å²) in [4.78, 5) is 38.2.